The number of aromatic nitrogens is 2. The minimum atomic E-state index is -0.0671. The fourth-order valence-electron chi connectivity index (χ4n) is 4.83. The molecule has 0 spiro atoms. The number of nitrogens with one attached hydrogen (secondary N) is 1. The first-order chi connectivity index (χ1) is 16.1. The summed E-state index contributed by atoms with van der Waals surface area (Å²) in [6, 6.07) is 5.34. The van der Waals surface area contributed by atoms with Gasteiger partial charge in [-0.1, -0.05) is 6.07 Å². The zero-order valence-corrected chi connectivity index (χ0v) is 19.8. The van der Waals surface area contributed by atoms with Crippen molar-refractivity contribution < 1.29 is 14.3 Å². The van der Waals surface area contributed by atoms with Gasteiger partial charge in [0, 0.05) is 31.1 Å². The topological polar surface area (TPSA) is 87.8 Å². The van der Waals surface area contributed by atoms with Gasteiger partial charge in [-0.05, 0) is 43.4 Å². The Kier molecular flexibility index (Phi) is 6.07. The first-order valence-corrected chi connectivity index (χ1v) is 12.2. The van der Waals surface area contributed by atoms with Crippen LogP contribution < -0.4 is 15.0 Å². The first-order valence-electron chi connectivity index (χ1n) is 11.3. The molecule has 2 aliphatic rings. The average molecular weight is 469 g/mol. The molecular formula is C24H28N4O4S. The highest BCUT2D eigenvalue weighted by Gasteiger charge is 2.26. The second-order valence-electron chi connectivity index (χ2n) is 8.51. The zero-order valence-electron chi connectivity index (χ0n) is 19.0. The molecule has 1 aliphatic carbocycles. The van der Waals surface area contributed by atoms with Crippen molar-refractivity contribution in [1.82, 2.24) is 19.8 Å². The smallest absolute Gasteiger partial charge is 0.259 e. The van der Waals surface area contributed by atoms with Crippen LogP contribution in [0, 0.1) is 0 Å². The zero-order chi connectivity index (χ0) is 22.9. The maximum absolute atomic E-state index is 13.1. The van der Waals surface area contributed by atoms with Crippen LogP contribution in [0.5, 0.6) is 11.5 Å². The van der Waals surface area contributed by atoms with Crippen molar-refractivity contribution in [2.75, 3.05) is 40.4 Å². The van der Waals surface area contributed by atoms with E-state index in [2.05, 4.69) is 9.88 Å². The number of carbonyl (C=O) groups excluding carboxylic acids is 1. The highest BCUT2D eigenvalue weighted by atomic mass is 32.1. The van der Waals surface area contributed by atoms with Crippen molar-refractivity contribution in [2.24, 2.45) is 0 Å². The summed E-state index contributed by atoms with van der Waals surface area (Å²) in [5.74, 6) is 1.63. The quantitative estimate of drug-likeness (QED) is 0.620. The molecule has 0 bridgehead atoms. The lowest BCUT2D eigenvalue weighted by molar-refractivity contribution is 0.0621. The van der Waals surface area contributed by atoms with Gasteiger partial charge in [0.15, 0.2) is 11.5 Å². The Morgan fingerprint density at radius 3 is 2.67 bits per heavy atom. The van der Waals surface area contributed by atoms with Gasteiger partial charge < -0.3 is 19.4 Å². The Balaban J connectivity index is 1.27. The number of hydrogen-bond donors (Lipinski definition) is 1. The maximum Gasteiger partial charge on any atom is 0.259 e. The molecule has 2 aromatic heterocycles. The van der Waals surface area contributed by atoms with Crippen LogP contribution in [-0.4, -0.2) is 66.1 Å². The van der Waals surface area contributed by atoms with Crippen LogP contribution in [0.4, 0.5) is 0 Å². The number of rotatable bonds is 5. The second kappa shape index (κ2) is 9.15. The number of aromatic amines is 1. The Morgan fingerprint density at radius 2 is 1.91 bits per heavy atom. The fraction of sp³-hybridized carbons (Fsp3) is 0.458. The van der Waals surface area contributed by atoms with E-state index in [1.807, 2.05) is 4.90 Å². The van der Waals surface area contributed by atoms with Gasteiger partial charge in [-0.15, -0.1) is 11.3 Å². The molecule has 0 atom stereocenters. The molecule has 174 valence electrons. The number of para-hydroxylation sites is 1. The summed E-state index contributed by atoms with van der Waals surface area (Å²) in [4.78, 5) is 40.0. The van der Waals surface area contributed by atoms with Gasteiger partial charge >= 0.3 is 0 Å². The molecule has 1 saturated heterocycles. The van der Waals surface area contributed by atoms with Crippen molar-refractivity contribution in [3.8, 4) is 11.5 Å². The molecule has 3 heterocycles. The molecule has 33 heavy (non-hydrogen) atoms. The number of nitrogens with zero attached hydrogens (tertiary/aromatic N) is 3. The third-order valence-corrected chi connectivity index (χ3v) is 7.73. The molecule has 3 aromatic rings. The van der Waals surface area contributed by atoms with Gasteiger partial charge in [-0.2, -0.15) is 0 Å². The second-order valence-corrected chi connectivity index (χ2v) is 9.60. The monoisotopic (exact) mass is 468 g/mol. The SMILES string of the molecule is COc1cccc(C(=O)N2CCN(Cc3nc4sc5c(c4c(=O)[nH]3)CCCC5)CC2)c1OC. The largest absolute Gasteiger partial charge is 0.493 e. The van der Waals surface area contributed by atoms with E-state index in [4.69, 9.17) is 14.5 Å². The lowest BCUT2D eigenvalue weighted by atomic mass is 9.97. The van der Waals surface area contributed by atoms with E-state index < -0.39 is 0 Å². The van der Waals surface area contributed by atoms with Crippen LogP contribution >= 0.6 is 11.3 Å². The number of fused-ring (bicyclic) bond motifs is 3. The number of thiophene rings is 1. The highest BCUT2D eigenvalue weighted by molar-refractivity contribution is 7.18. The lowest BCUT2D eigenvalue weighted by Crippen LogP contribution is -2.48. The van der Waals surface area contributed by atoms with Crippen LogP contribution in [0.1, 0.15) is 39.5 Å². The van der Waals surface area contributed by atoms with Crippen LogP contribution in [0.2, 0.25) is 0 Å². The van der Waals surface area contributed by atoms with Crippen molar-refractivity contribution in [2.45, 2.75) is 32.2 Å². The standard InChI is InChI=1S/C24H28N4O4S/c1-31-17-8-5-7-16(21(17)32-2)24(30)28-12-10-27(11-13-28)14-19-25-22(29)20-15-6-3-4-9-18(15)33-23(20)26-19/h5,7-8H,3-4,6,9-14H2,1-2H3,(H,25,26,29). The first kappa shape index (κ1) is 21.9. The molecule has 1 aromatic carbocycles. The fourth-order valence-corrected chi connectivity index (χ4v) is 6.11. The number of ether oxygens (including phenoxy) is 2. The number of methoxy groups -OCH3 is 2. The van der Waals surface area contributed by atoms with Crippen molar-refractivity contribution in [3.63, 3.8) is 0 Å². The molecule has 5 rings (SSSR count). The molecule has 1 N–H and O–H groups in total. The summed E-state index contributed by atoms with van der Waals surface area (Å²) >= 11 is 1.67. The van der Waals surface area contributed by atoms with E-state index in [0.717, 1.165) is 29.5 Å². The van der Waals surface area contributed by atoms with Gasteiger partial charge in [0.1, 0.15) is 10.7 Å². The van der Waals surface area contributed by atoms with Gasteiger partial charge in [0.2, 0.25) is 0 Å². The Morgan fingerprint density at radius 1 is 1.12 bits per heavy atom. The van der Waals surface area contributed by atoms with E-state index in [-0.39, 0.29) is 11.5 Å². The molecule has 1 amide bonds. The molecule has 9 heteroatoms. The third kappa shape index (κ3) is 4.11. The van der Waals surface area contributed by atoms with E-state index in [1.54, 1.807) is 43.8 Å². The number of H-pyrrole nitrogens is 1. The number of piperazine rings is 1. The normalized spacial score (nSPS) is 16.6. The summed E-state index contributed by atoms with van der Waals surface area (Å²) < 4.78 is 10.8. The number of aryl methyl sites for hydroxylation is 2. The molecule has 0 saturated carbocycles. The molecule has 1 fully saturated rings. The Hall–Kier alpha value is -2.91. The molecular weight excluding hydrogens is 440 g/mol. The number of hydrogen-bond acceptors (Lipinski definition) is 7. The van der Waals surface area contributed by atoms with Gasteiger partial charge in [0.25, 0.3) is 11.5 Å². The van der Waals surface area contributed by atoms with Crippen molar-refractivity contribution in [3.05, 3.63) is 50.4 Å². The molecule has 8 nitrogen and oxygen atoms in total. The van der Waals surface area contributed by atoms with E-state index in [0.29, 0.717) is 55.6 Å². The van der Waals surface area contributed by atoms with Crippen LogP contribution in [-0.2, 0) is 19.4 Å². The third-order valence-electron chi connectivity index (χ3n) is 6.54. The molecule has 0 unspecified atom stereocenters. The number of amides is 1. The molecule has 1 aliphatic heterocycles. The minimum Gasteiger partial charge on any atom is -0.493 e. The van der Waals surface area contributed by atoms with E-state index in [9.17, 15) is 9.59 Å². The van der Waals surface area contributed by atoms with Crippen molar-refractivity contribution in [1.29, 1.82) is 0 Å². The predicted molar refractivity (Wildman–Crippen MR) is 128 cm³/mol. The predicted octanol–water partition coefficient (Wildman–Crippen LogP) is 2.84. The summed E-state index contributed by atoms with van der Waals surface area (Å²) in [6.45, 7) is 3.18. The Labute approximate surface area is 196 Å². The molecule has 0 radical (unpaired) electrons. The summed E-state index contributed by atoms with van der Waals surface area (Å²) in [6.07, 6.45) is 4.37. The number of carbonyl (C=O) groups is 1. The van der Waals surface area contributed by atoms with Crippen LogP contribution in [0.25, 0.3) is 10.2 Å². The summed E-state index contributed by atoms with van der Waals surface area (Å²) in [7, 11) is 3.10. The highest BCUT2D eigenvalue weighted by Crippen LogP contribution is 2.34. The van der Waals surface area contributed by atoms with Crippen LogP contribution in [0.15, 0.2) is 23.0 Å². The van der Waals surface area contributed by atoms with Crippen molar-refractivity contribution >= 4 is 27.5 Å². The van der Waals surface area contributed by atoms with Gasteiger partial charge in [-0.25, -0.2) is 4.98 Å². The lowest BCUT2D eigenvalue weighted by Gasteiger charge is -2.34. The maximum atomic E-state index is 13.1. The van der Waals surface area contributed by atoms with E-state index in [1.165, 1.54) is 16.9 Å². The number of benzene rings is 1. The summed E-state index contributed by atoms with van der Waals surface area (Å²) in [5, 5.41) is 0.793. The minimum absolute atomic E-state index is 0.0201. The van der Waals surface area contributed by atoms with Gasteiger partial charge in [-0.3, -0.25) is 14.5 Å². The van der Waals surface area contributed by atoms with Gasteiger partial charge in [0.05, 0.1) is 31.7 Å². The Bertz CT molecular complexity index is 1240. The average Bonchev–Trinajstić information content (AvgIpc) is 3.22. The van der Waals surface area contributed by atoms with E-state index >= 15 is 0 Å². The summed E-state index contributed by atoms with van der Waals surface area (Å²) in [5.41, 5.74) is 1.69. The van der Waals surface area contributed by atoms with Crippen LogP contribution in [0.3, 0.4) is 0 Å².